The Morgan fingerprint density at radius 3 is 2.33 bits per heavy atom. The van der Waals surface area contributed by atoms with Crippen LogP contribution in [-0.2, 0) is 0 Å². The molecule has 0 saturated heterocycles. The van der Waals surface area contributed by atoms with E-state index in [0.29, 0.717) is 21.9 Å². The highest BCUT2D eigenvalue weighted by atomic mass is 35.5. The Morgan fingerprint density at radius 2 is 1.86 bits per heavy atom. The lowest BCUT2D eigenvalue weighted by atomic mass is 9.68. The van der Waals surface area contributed by atoms with Gasteiger partial charge in [0.15, 0.2) is 0 Å². The van der Waals surface area contributed by atoms with E-state index in [-0.39, 0.29) is 11.9 Å². The van der Waals surface area contributed by atoms with Crippen LogP contribution in [0.4, 0.5) is 4.39 Å². The van der Waals surface area contributed by atoms with Crippen molar-refractivity contribution in [3.05, 3.63) is 34.6 Å². The Labute approximate surface area is 132 Å². The van der Waals surface area contributed by atoms with Crippen molar-refractivity contribution < 1.29 is 4.39 Å². The third-order valence-corrected chi connectivity index (χ3v) is 5.18. The minimum Gasteiger partial charge on any atom is -0.271 e. The summed E-state index contributed by atoms with van der Waals surface area (Å²) >= 11 is 5.83. The van der Waals surface area contributed by atoms with Gasteiger partial charge in [0.1, 0.15) is 5.82 Å². The summed E-state index contributed by atoms with van der Waals surface area (Å²) in [5, 5.41) is 0.420. The van der Waals surface area contributed by atoms with Crippen LogP contribution in [0, 0.1) is 23.1 Å². The first-order valence-electron chi connectivity index (χ1n) is 7.74. The van der Waals surface area contributed by atoms with Gasteiger partial charge in [-0.1, -0.05) is 38.4 Å². The number of nitrogens with one attached hydrogen (secondary N) is 1. The number of hydrogen-bond donors (Lipinski definition) is 2. The Bertz CT molecular complexity index is 476. The fourth-order valence-corrected chi connectivity index (χ4v) is 3.71. The van der Waals surface area contributed by atoms with Crippen LogP contribution in [0.5, 0.6) is 0 Å². The molecule has 1 atom stereocenters. The van der Waals surface area contributed by atoms with E-state index < -0.39 is 0 Å². The van der Waals surface area contributed by atoms with Gasteiger partial charge in [-0.05, 0) is 55.1 Å². The van der Waals surface area contributed by atoms with Gasteiger partial charge in [0.05, 0.1) is 6.04 Å². The molecule has 0 amide bonds. The quantitative estimate of drug-likeness (QED) is 0.619. The molecule has 1 aliphatic carbocycles. The van der Waals surface area contributed by atoms with Crippen molar-refractivity contribution in [3.63, 3.8) is 0 Å². The highest BCUT2D eigenvalue weighted by molar-refractivity contribution is 6.30. The van der Waals surface area contributed by atoms with E-state index in [1.54, 1.807) is 12.1 Å². The Kier molecular flexibility index (Phi) is 5.29. The molecule has 1 unspecified atom stereocenters. The van der Waals surface area contributed by atoms with Crippen molar-refractivity contribution in [2.45, 2.75) is 52.5 Å². The molecule has 118 valence electrons. The SMILES string of the molecule is CC(C)(C)C1CCC(C(NN)c2ccc(Cl)cc2F)CC1. The topological polar surface area (TPSA) is 38.0 Å². The number of nitrogens with two attached hydrogens (primary N) is 1. The van der Waals surface area contributed by atoms with E-state index in [1.165, 1.54) is 18.9 Å². The monoisotopic (exact) mass is 312 g/mol. The summed E-state index contributed by atoms with van der Waals surface area (Å²) in [5.41, 5.74) is 3.79. The van der Waals surface area contributed by atoms with Crippen molar-refractivity contribution in [2.24, 2.45) is 23.1 Å². The summed E-state index contributed by atoms with van der Waals surface area (Å²) < 4.78 is 14.1. The highest BCUT2D eigenvalue weighted by Crippen LogP contribution is 2.43. The molecule has 21 heavy (non-hydrogen) atoms. The second-order valence-electron chi connectivity index (χ2n) is 7.29. The van der Waals surface area contributed by atoms with E-state index in [4.69, 9.17) is 17.4 Å². The lowest BCUT2D eigenvalue weighted by molar-refractivity contribution is 0.132. The summed E-state index contributed by atoms with van der Waals surface area (Å²) in [6, 6.07) is 4.70. The number of hydrogen-bond acceptors (Lipinski definition) is 2. The zero-order chi connectivity index (χ0) is 15.6. The zero-order valence-electron chi connectivity index (χ0n) is 13.1. The van der Waals surface area contributed by atoms with Gasteiger partial charge in [0, 0.05) is 10.6 Å². The van der Waals surface area contributed by atoms with Gasteiger partial charge in [-0.3, -0.25) is 11.3 Å². The fraction of sp³-hybridized carbons (Fsp3) is 0.647. The maximum absolute atomic E-state index is 14.1. The molecule has 0 bridgehead atoms. The third kappa shape index (κ3) is 3.97. The predicted molar refractivity (Wildman–Crippen MR) is 86.4 cm³/mol. The first kappa shape index (κ1) is 16.7. The van der Waals surface area contributed by atoms with Crippen LogP contribution >= 0.6 is 11.6 Å². The summed E-state index contributed by atoms with van der Waals surface area (Å²) in [6.45, 7) is 6.90. The van der Waals surface area contributed by atoms with Gasteiger partial charge in [-0.2, -0.15) is 0 Å². The Morgan fingerprint density at radius 1 is 1.24 bits per heavy atom. The number of benzene rings is 1. The average molecular weight is 313 g/mol. The summed E-state index contributed by atoms with van der Waals surface area (Å²) in [5.74, 6) is 6.56. The molecule has 3 N–H and O–H groups in total. The maximum atomic E-state index is 14.1. The maximum Gasteiger partial charge on any atom is 0.129 e. The van der Waals surface area contributed by atoms with E-state index in [2.05, 4.69) is 26.2 Å². The zero-order valence-corrected chi connectivity index (χ0v) is 13.9. The third-order valence-electron chi connectivity index (χ3n) is 4.95. The molecule has 2 rings (SSSR count). The summed E-state index contributed by atoms with van der Waals surface area (Å²) in [6.07, 6.45) is 4.53. The molecule has 0 spiro atoms. The highest BCUT2D eigenvalue weighted by Gasteiger charge is 2.33. The number of halogens is 2. The molecule has 1 fully saturated rings. The van der Waals surface area contributed by atoms with Crippen LogP contribution in [0.3, 0.4) is 0 Å². The molecular formula is C17H26ClFN2. The second kappa shape index (κ2) is 6.64. The van der Waals surface area contributed by atoms with Gasteiger partial charge in [0.2, 0.25) is 0 Å². The largest absolute Gasteiger partial charge is 0.271 e. The number of rotatable bonds is 3. The molecular weight excluding hydrogens is 287 g/mol. The summed E-state index contributed by atoms with van der Waals surface area (Å²) in [4.78, 5) is 0. The minimum atomic E-state index is -0.275. The molecule has 0 aliphatic heterocycles. The van der Waals surface area contributed by atoms with Gasteiger partial charge < -0.3 is 0 Å². The molecule has 0 aromatic heterocycles. The summed E-state index contributed by atoms with van der Waals surface area (Å²) in [7, 11) is 0. The van der Waals surface area contributed by atoms with E-state index in [9.17, 15) is 4.39 Å². The van der Waals surface area contributed by atoms with Gasteiger partial charge in [0.25, 0.3) is 0 Å². The van der Waals surface area contributed by atoms with Crippen molar-refractivity contribution in [2.75, 3.05) is 0 Å². The fourth-order valence-electron chi connectivity index (χ4n) is 3.55. The van der Waals surface area contributed by atoms with Crippen molar-refractivity contribution in [1.29, 1.82) is 0 Å². The molecule has 1 aliphatic rings. The molecule has 0 radical (unpaired) electrons. The lowest BCUT2D eigenvalue weighted by Gasteiger charge is -2.39. The van der Waals surface area contributed by atoms with E-state index >= 15 is 0 Å². The Hall–Kier alpha value is -0.640. The standard InChI is InChI=1S/C17H26ClFN2/c1-17(2,3)12-6-4-11(5-7-12)16(21-20)14-9-8-13(18)10-15(14)19/h8-12,16,21H,4-7,20H2,1-3H3. The first-order valence-corrected chi connectivity index (χ1v) is 8.11. The predicted octanol–water partition coefficient (Wildman–Crippen LogP) is 4.84. The minimum absolute atomic E-state index is 0.136. The average Bonchev–Trinajstić information content (AvgIpc) is 2.41. The van der Waals surface area contributed by atoms with Crippen LogP contribution in [0.25, 0.3) is 0 Å². The van der Waals surface area contributed by atoms with Gasteiger partial charge >= 0.3 is 0 Å². The molecule has 0 heterocycles. The van der Waals surface area contributed by atoms with Gasteiger partial charge in [-0.25, -0.2) is 4.39 Å². The van der Waals surface area contributed by atoms with Crippen molar-refractivity contribution in [1.82, 2.24) is 5.43 Å². The first-order chi connectivity index (χ1) is 9.82. The smallest absolute Gasteiger partial charge is 0.129 e. The molecule has 4 heteroatoms. The number of hydrazine groups is 1. The van der Waals surface area contributed by atoms with Crippen LogP contribution in [-0.4, -0.2) is 0 Å². The van der Waals surface area contributed by atoms with E-state index in [1.807, 2.05) is 0 Å². The van der Waals surface area contributed by atoms with Crippen LogP contribution < -0.4 is 11.3 Å². The van der Waals surface area contributed by atoms with Crippen molar-refractivity contribution >= 4 is 11.6 Å². The van der Waals surface area contributed by atoms with Crippen LogP contribution in [0.15, 0.2) is 18.2 Å². The van der Waals surface area contributed by atoms with Crippen molar-refractivity contribution in [3.8, 4) is 0 Å². The van der Waals surface area contributed by atoms with E-state index in [0.717, 1.165) is 18.8 Å². The molecule has 1 saturated carbocycles. The Balaban J connectivity index is 2.09. The molecule has 2 nitrogen and oxygen atoms in total. The molecule has 1 aromatic carbocycles. The second-order valence-corrected chi connectivity index (χ2v) is 7.72. The molecule has 1 aromatic rings. The van der Waals surface area contributed by atoms with Crippen LogP contribution in [0.1, 0.15) is 58.1 Å². The normalized spacial score (nSPS) is 24.9. The van der Waals surface area contributed by atoms with Gasteiger partial charge in [-0.15, -0.1) is 0 Å². The van der Waals surface area contributed by atoms with Crippen LogP contribution in [0.2, 0.25) is 5.02 Å². The lowest BCUT2D eigenvalue weighted by Crippen LogP contribution is -2.37.